The lowest BCUT2D eigenvalue weighted by Crippen LogP contribution is -1.98. The van der Waals surface area contributed by atoms with Crippen LogP contribution in [0.5, 0.6) is 5.75 Å². The molecule has 0 spiro atoms. The zero-order valence-electron chi connectivity index (χ0n) is 14.4. The van der Waals surface area contributed by atoms with Crippen LogP contribution < -0.4 is 4.74 Å². The molecule has 122 valence electrons. The molecule has 0 saturated carbocycles. The Labute approximate surface area is 139 Å². The third-order valence-electron chi connectivity index (χ3n) is 3.73. The molecule has 0 heterocycles. The maximum atomic E-state index is 5.84. The highest BCUT2D eigenvalue weighted by molar-refractivity contribution is 5.47. The van der Waals surface area contributed by atoms with Crippen molar-refractivity contribution in [2.75, 3.05) is 6.61 Å². The standard InChI is InChI=1S/C20H26N2O/c1-4-5-6-7-14-23-20-13-12-19(15-17(20)3)22-21-18-10-8-16(2)9-11-18/h8-13,15H,4-7,14H2,1-3H3/b22-21+. The molecule has 2 aromatic carbocycles. The summed E-state index contributed by atoms with van der Waals surface area (Å²) >= 11 is 0. The number of hydrogen-bond donors (Lipinski definition) is 0. The number of nitrogens with zero attached hydrogens (tertiary/aromatic N) is 2. The zero-order valence-corrected chi connectivity index (χ0v) is 14.4. The SMILES string of the molecule is CCCCCCOc1ccc(/N=N/c2ccc(C)cc2)cc1C. The van der Waals surface area contributed by atoms with Gasteiger partial charge in [0.25, 0.3) is 0 Å². The number of hydrogen-bond acceptors (Lipinski definition) is 3. The highest BCUT2D eigenvalue weighted by atomic mass is 16.5. The Hall–Kier alpha value is -2.16. The van der Waals surface area contributed by atoms with Crippen molar-refractivity contribution < 1.29 is 4.74 Å². The van der Waals surface area contributed by atoms with Crippen LogP contribution >= 0.6 is 0 Å². The molecule has 2 aromatic rings. The average molecular weight is 310 g/mol. The Bertz CT molecular complexity index is 633. The van der Waals surface area contributed by atoms with Crippen molar-refractivity contribution in [3.05, 3.63) is 53.6 Å². The van der Waals surface area contributed by atoms with E-state index in [9.17, 15) is 0 Å². The minimum Gasteiger partial charge on any atom is -0.493 e. The molecular formula is C20H26N2O. The fraction of sp³-hybridized carbons (Fsp3) is 0.400. The summed E-state index contributed by atoms with van der Waals surface area (Å²) in [7, 11) is 0. The van der Waals surface area contributed by atoms with E-state index >= 15 is 0 Å². The average Bonchev–Trinajstić information content (AvgIpc) is 2.56. The van der Waals surface area contributed by atoms with Crippen molar-refractivity contribution in [3.63, 3.8) is 0 Å². The van der Waals surface area contributed by atoms with E-state index in [4.69, 9.17) is 4.74 Å². The Kier molecular flexibility index (Phi) is 6.79. The smallest absolute Gasteiger partial charge is 0.122 e. The molecule has 0 amide bonds. The zero-order chi connectivity index (χ0) is 16.5. The molecule has 0 aliphatic rings. The second-order valence-corrected chi connectivity index (χ2v) is 5.89. The summed E-state index contributed by atoms with van der Waals surface area (Å²) in [5, 5.41) is 8.57. The van der Waals surface area contributed by atoms with Crippen molar-refractivity contribution in [3.8, 4) is 5.75 Å². The predicted molar refractivity (Wildman–Crippen MR) is 96.2 cm³/mol. The second kappa shape index (κ2) is 9.09. The van der Waals surface area contributed by atoms with Gasteiger partial charge in [0.2, 0.25) is 0 Å². The van der Waals surface area contributed by atoms with Gasteiger partial charge in [0.05, 0.1) is 18.0 Å². The summed E-state index contributed by atoms with van der Waals surface area (Å²) in [6, 6.07) is 14.0. The fourth-order valence-corrected chi connectivity index (χ4v) is 2.30. The van der Waals surface area contributed by atoms with Crippen LogP contribution in [0.4, 0.5) is 11.4 Å². The van der Waals surface area contributed by atoms with Gasteiger partial charge in [0.1, 0.15) is 5.75 Å². The molecule has 0 bridgehead atoms. The maximum Gasteiger partial charge on any atom is 0.122 e. The Morgan fingerprint density at radius 2 is 1.52 bits per heavy atom. The van der Waals surface area contributed by atoms with Gasteiger partial charge >= 0.3 is 0 Å². The topological polar surface area (TPSA) is 34.0 Å². The number of rotatable bonds is 8. The summed E-state index contributed by atoms with van der Waals surface area (Å²) in [5.41, 5.74) is 4.03. The van der Waals surface area contributed by atoms with Crippen LogP contribution in [0, 0.1) is 13.8 Å². The highest BCUT2D eigenvalue weighted by Crippen LogP contribution is 2.25. The summed E-state index contributed by atoms with van der Waals surface area (Å²) in [6.07, 6.45) is 4.88. The molecular weight excluding hydrogens is 284 g/mol. The first-order valence-corrected chi connectivity index (χ1v) is 8.41. The molecule has 3 nitrogen and oxygen atoms in total. The normalized spacial score (nSPS) is 11.1. The molecule has 23 heavy (non-hydrogen) atoms. The molecule has 0 aromatic heterocycles. The largest absolute Gasteiger partial charge is 0.493 e. The summed E-state index contributed by atoms with van der Waals surface area (Å²) in [4.78, 5) is 0. The van der Waals surface area contributed by atoms with Crippen molar-refractivity contribution in [1.29, 1.82) is 0 Å². The molecule has 0 radical (unpaired) electrons. The van der Waals surface area contributed by atoms with Crippen molar-refractivity contribution in [2.24, 2.45) is 10.2 Å². The molecule has 0 atom stereocenters. The minimum atomic E-state index is 0.783. The van der Waals surface area contributed by atoms with Crippen molar-refractivity contribution >= 4 is 11.4 Å². The van der Waals surface area contributed by atoms with E-state index < -0.39 is 0 Å². The second-order valence-electron chi connectivity index (χ2n) is 5.89. The third kappa shape index (κ3) is 5.85. The lowest BCUT2D eigenvalue weighted by molar-refractivity contribution is 0.303. The Balaban J connectivity index is 1.92. The molecule has 0 aliphatic heterocycles. The molecule has 0 aliphatic carbocycles. The van der Waals surface area contributed by atoms with E-state index in [2.05, 4.69) is 24.1 Å². The van der Waals surface area contributed by atoms with Gasteiger partial charge in [-0.3, -0.25) is 0 Å². The molecule has 0 fully saturated rings. The lowest BCUT2D eigenvalue weighted by Gasteiger charge is -2.09. The molecule has 0 unspecified atom stereocenters. The van der Waals surface area contributed by atoms with Crippen LogP contribution in [0.1, 0.15) is 43.7 Å². The number of ether oxygens (including phenoxy) is 1. The van der Waals surface area contributed by atoms with E-state index in [0.29, 0.717) is 0 Å². The first kappa shape index (κ1) is 17.2. The third-order valence-corrected chi connectivity index (χ3v) is 3.73. The first-order valence-electron chi connectivity index (χ1n) is 8.41. The molecule has 0 N–H and O–H groups in total. The van der Waals surface area contributed by atoms with Gasteiger partial charge in [-0.1, -0.05) is 43.9 Å². The number of unbranched alkanes of at least 4 members (excludes halogenated alkanes) is 3. The summed E-state index contributed by atoms with van der Waals surface area (Å²) < 4.78 is 5.84. The van der Waals surface area contributed by atoms with Gasteiger partial charge in [-0.2, -0.15) is 10.2 Å². The number of aryl methyl sites for hydroxylation is 2. The molecule has 2 rings (SSSR count). The van der Waals surface area contributed by atoms with Crippen LogP contribution in [-0.4, -0.2) is 6.61 Å². The first-order chi connectivity index (χ1) is 11.2. The molecule has 3 heteroatoms. The van der Waals surface area contributed by atoms with Crippen LogP contribution in [0.15, 0.2) is 52.7 Å². The van der Waals surface area contributed by atoms with Crippen LogP contribution in [0.2, 0.25) is 0 Å². The van der Waals surface area contributed by atoms with Gasteiger partial charge in [-0.05, 0) is 56.2 Å². The van der Waals surface area contributed by atoms with E-state index in [1.165, 1.54) is 24.8 Å². The van der Waals surface area contributed by atoms with Gasteiger partial charge in [-0.25, -0.2) is 0 Å². The van der Waals surface area contributed by atoms with Crippen LogP contribution in [-0.2, 0) is 0 Å². The van der Waals surface area contributed by atoms with Crippen molar-refractivity contribution in [1.82, 2.24) is 0 Å². The highest BCUT2D eigenvalue weighted by Gasteiger charge is 2.01. The predicted octanol–water partition coefficient (Wildman–Crippen LogP) is 6.68. The monoisotopic (exact) mass is 310 g/mol. The van der Waals surface area contributed by atoms with Crippen LogP contribution in [0.3, 0.4) is 0 Å². The summed E-state index contributed by atoms with van der Waals surface area (Å²) in [5.74, 6) is 0.941. The Morgan fingerprint density at radius 1 is 0.826 bits per heavy atom. The van der Waals surface area contributed by atoms with Crippen molar-refractivity contribution in [2.45, 2.75) is 46.5 Å². The quantitative estimate of drug-likeness (QED) is 0.395. The fourth-order valence-electron chi connectivity index (χ4n) is 2.30. The van der Waals surface area contributed by atoms with E-state index in [1.807, 2.05) is 49.4 Å². The van der Waals surface area contributed by atoms with Gasteiger partial charge in [0, 0.05) is 0 Å². The summed E-state index contributed by atoms with van der Waals surface area (Å²) in [6.45, 7) is 7.11. The lowest BCUT2D eigenvalue weighted by atomic mass is 10.2. The van der Waals surface area contributed by atoms with Gasteiger partial charge < -0.3 is 4.74 Å². The number of azo groups is 1. The van der Waals surface area contributed by atoms with Crippen LogP contribution in [0.25, 0.3) is 0 Å². The molecule has 0 saturated heterocycles. The number of benzene rings is 2. The van der Waals surface area contributed by atoms with Gasteiger partial charge in [0.15, 0.2) is 0 Å². The van der Waals surface area contributed by atoms with E-state index in [1.54, 1.807) is 0 Å². The van der Waals surface area contributed by atoms with E-state index in [-0.39, 0.29) is 0 Å². The van der Waals surface area contributed by atoms with E-state index in [0.717, 1.165) is 35.7 Å². The minimum absolute atomic E-state index is 0.783. The maximum absolute atomic E-state index is 5.84. The Morgan fingerprint density at radius 3 is 2.22 bits per heavy atom. The van der Waals surface area contributed by atoms with Gasteiger partial charge in [-0.15, -0.1) is 0 Å².